The number of ether oxygens (including phenoxy) is 1. The lowest BCUT2D eigenvalue weighted by Gasteiger charge is -2.08. The van der Waals surface area contributed by atoms with E-state index in [1.54, 1.807) is 0 Å². The molecule has 0 amide bonds. The molecular formula is C16H18O. The summed E-state index contributed by atoms with van der Waals surface area (Å²) < 4.78 is 5.86. The molecule has 2 aromatic carbocycles. The van der Waals surface area contributed by atoms with Gasteiger partial charge in [0, 0.05) is 0 Å². The van der Waals surface area contributed by atoms with Crippen LogP contribution in [-0.4, -0.2) is 0 Å². The molecule has 0 atom stereocenters. The topological polar surface area (TPSA) is 9.23 Å². The first-order chi connectivity index (χ1) is 8.31. The van der Waals surface area contributed by atoms with E-state index in [1.807, 2.05) is 24.3 Å². The molecule has 0 saturated carbocycles. The summed E-state index contributed by atoms with van der Waals surface area (Å²) in [4.78, 5) is 0. The minimum atomic E-state index is 0.914. The number of aryl methyl sites for hydroxylation is 2. The average Bonchev–Trinajstić information content (AvgIpc) is 2.39. The molecule has 0 aliphatic heterocycles. The Morgan fingerprint density at radius 2 is 1.24 bits per heavy atom. The third-order valence-corrected chi connectivity index (χ3v) is 2.85. The zero-order valence-corrected chi connectivity index (χ0v) is 10.4. The van der Waals surface area contributed by atoms with E-state index in [-0.39, 0.29) is 0 Å². The first-order valence-electron chi connectivity index (χ1n) is 6.17. The fourth-order valence-electron chi connectivity index (χ4n) is 1.79. The van der Waals surface area contributed by atoms with E-state index >= 15 is 0 Å². The van der Waals surface area contributed by atoms with Crippen molar-refractivity contribution in [3.05, 3.63) is 59.7 Å². The summed E-state index contributed by atoms with van der Waals surface area (Å²) >= 11 is 0. The van der Waals surface area contributed by atoms with E-state index in [9.17, 15) is 0 Å². The molecule has 0 aliphatic rings. The Morgan fingerprint density at radius 1 is 0.765 bits per heavy atom. The van der Waals surface area contributed by atoms with Gasteiger partial charge in [0.05, 0.1) is 0 Å². The van der Waals surface area contributed by atoms with Gasteiger partial charge in [0.15, 0.2) is 0 Å². The van der Waals surface area contributed by atoms with E-state index in [0.717, 1.165) is 24.3 Å². The van der Waals surface area contributed by atoms with Gasteiger partial charge in [-0.1, -0.05) is 38.1 Å². The van der Waals surface area contributed by atoms with Crippen molar-refractivity contribution in [3.8, 4) is 11.5 Å². The van der Waals surface area contributed by atoms with Crippen molar-refractivity contribution < 1.29 is 4.74 Å². The van der Waals surface area contributed by atoms with Gasteiger partial charge in [-0.15, -0.1) is 0 Å². The first-order valence-corrected chi connectivity index (χ1v) is 6.17. The minimum absolute atomic E-state index is 0.914. The van der Waals surface area contributed by atoms with Gasteiger partial charge < -0.3 is 4.74 Å². The zero-order chi connectivity index (χ0) is 12.1. The molecule has 0 unspecified atom stereocenters. The predicted octanol–water partition coefficient (Wildman–Crippen LogP) is 4.60. The average molecular weight is 226 g/mol. The quantitative estimate of drug-likeness (QED) is 0.740. The summed E-state index contributed by atoms with van der Waals surface area (Å²) in [6.07, 6.45) is 2.07. The second-order valence-corrected chi connectivity index (χ2v) is 4.10. The second-order valence-electron chi connectivity index (χ2n) is 4.10. The number of hydrogen-bond acceptors (Lipinski definition) is 1. The first kappa shape index (κ1) is 11.7. The summed E-state index contributed by atoms with van der Waals surface area (Å²) in [6.45, 7) is 4.30. The van der Waals surface area contributed by atoms with Gasteiger partial charge in [0.2, 0.25) is 0 Å². The molecule has 0 spiro atoms. The largest absolute Gasteiger partial charge is 0.457 e. The Bertz CT molecular complexity index is 443. The highest BCUT2D eigenvalue weighted by Gasteiger charge is 1.99. The van der Waals surface area contributed by atoms with E-state index in [4.69, 9.17) is 4.74 Å². The molecule has 0 N–H and O–H groups in total. The summed E-state index contributed by atoms with van der Waals surface area (Å²) in [5.41, 5.74) is 2.60. The third kappa shape index (κ3) is 3.10. The van der Waals surface area contributed by atoms with Crippen LogP contribution in [0.1, 0.15) is 25.0 Å². The van der Waals surface area contributed by atoms with Crippen molar-refractivity contribution in [2.45, 2.75) is 26.7 Å². The molecule has 0 heterocycles. The van der Waals surface area contributed by atoms with Crippen LogP contribution in [0.5, 0.6) is 11.5 Å². The molecule has 1 heteroatoms. The fraction of sp³-hybridized carbons (Fsp3) is 0.250. The fourth-order valence-corrected chi connectivity index (χ4v) is 1.79. The lowest BCUT2D eigenvalue weighted by molar-refractivity contribution is 0.481. The van der Waals surface area contributed by atoms with Gasteiger partial charge in [0.25, 0.3) is 0 Å². The van der Waals surface area contributed by atoms with Gasteiger partial charge in [-0.05, 0) is 48.2 Å². The maximum Gasteiger partial charge on any atom is 0.127 e. The van der Waals surface area contributed by atoms with Crippen LogP contribution in [0, 0.1) is 0 Å². The third-order valence-electron chi connectivity index (χ3n) is 2.85. The summed E-state index contributed by atoms with van der Waals surface area (Å²) in [5, 5.41) is 0. The van der Waals surface area contributed by atoms with Gasteiger partial charge in [0.1, 0.15) is 11.5 Å². The lowest BCUT2D eigenvalue weighted by atomic mass is 10.1. The molecule has 0 bridgehead atoms. The van der Waals surface area contributed by atoms with Gasteiger partial charge in [-0.25, -0.2) is 0 Å². The van der Waals surface area contributed by atoms with Crippen LogP contribution < -0.4 is 4.74 Å². The van der Waals surface area contributed by atoms with Crippen LogP contribution >= 0.6 is 0 Å². The molecule has 0 saturated heterocycles. The zero-order valence-electron chi connectivity index (χ0n) is 10.4. The van der Waals surface area contributed by atoms with Crippen LogP contribution in [0.15, 0.2) is 48.5 Å². The van der Waals surface area contributed by atoms with Gasteiger partial charge in [-0.3, -0.25) is 0 Å². The van der Waals surface area contributed by atoms with Crippen molar-refractivity contribution >= 4 is 0 Å². The Labute approximate surface area is 103 Å². The van der Waals surface area contributed by atoms with Gasteiger partial charge >= 0.3 is 0 Å². The van der Waals surface area contributed by atoms with E-state index in [2.05, 4.69) is 38.1 Å². The van der Waals surface area contributed by atoms with Crippen molar-refractivity contribution in [3.63, 3.8) is 0 Å². The molecular weight excluding hydrogens is 208 g/mol. The van der Waals surface area contributed by atoms with Crippen LogP contribution in [0.4, 0.5) is 0 Å². The SMILES string of the molecule is CCc1cccc(Oc2cccc(CC)c2)c1. The molecule has 1 nitrogen and oxygen atoms in total. The minimum Gasteiger partial charge on any atom is -0.457 e. The number of benzene rings is 2. The summed E-state index contributed by atoms with van der Waals surface area (Å²) in [5.74, 6) is 1.83. The smallest absolute Gasteiger partial charge is 0.127 e. The standard InChI is InChI=1S/C16H18O/c1-3-13-7-5-9-15(11-13)17-16-10-6-8-14(4-2)12-16/h5-12H,3-4H2,1-2H3. The van der Waals surface area contributed by atoms with E-state index in [0.29, 0.717) is 0 Å². The Balaban J connectivity index is 2.18. The molecule has 2 aromatic rings. The van der Waals surface area contributed by atoms with Crippen molar-refractivity contribution in [1.82, 2.24) is 0 Å². The van der Waals surface area contributed by atoms with Crippen LogP contribution in [0.25, 0.3) is 0 Å². The van der Waals surface area contributed by atoms with Crippen molar-refractivity contribution in [1.29, 1.82) is 0 Å². The molecule has 0 aromatic heterocycles. The Hall–Kier alpha value is -1.76. The van der Waals surface area contributed by atoms with Crippen LogP contribution in [0.3, 0.4) is 0 Å². The molecule has 17 heavy (non-hydrogen) atoms. The highest BCUT2D eigenvalue weighted by molar-refractivity contribution is 5.35. The Morgan fingerprint density at radius 3 is 1.65 bits per heavy atom. The summed E-state index contributed by atoms with van der Waals surface area (Å²) in [6, 6.07) is 16.5. The normalized spacial score (nSPS) is 10.2. The predicted molar refractivity (Wildman–Crippen MR) is 71.7 cm³/mol. The molecule has 88 valence electrons. The van der Waals surface area contributed by atoms with Crippen LogP contribution in [0.2, 0.25) is 0 Å². The van der Waals surface area contributed by atoms with Crippen LogP contribution in [-0.2, 0) is 12.8 Å². The Kier molecular flexibility index (Phi) is 3.81. The highest BCUT2D eigenvalue weighted by atomic mass is 16.5. The van der Waals surface area contributed by atoms with Gasteiger partial charge in [-0.2, -0.15) is 0 Å². The van der Waals surface area contributed by atoms with Crippen molar-refractivity contribution in [2.75, 3.05) is 0 Å². The molecule has 0 radical (unpaired) electrons. The number of hydrogen-bond donors (Lipinski definition) is 0. The van der Waals surface area contributed by atoms with Crippen molar-refractivity contribution in [2.24, 2.45) is 0 Å². The second kappa shape index (κ2) is 5.53. The highest BCUT2D eigenvalue weighted by Crippen LogP contribution is 2.23. The maximum absolute atomic E-state index is 5.86. The molecule has 2 rings (SSSR count). The molecule has 0 aliphatic carbocycles. The lowest BCUT2D eigenvalue weighted by Crippen LogP contribution is -1.87. The van der Waals surface area contributed by atoms with E-state index in [1.165, 1.54) is 11.1 Å². The maximum atomic E-state index is 5.86. The summed E-state index contributed by atoms with van der Waals surface area (Å²) in [7, 11) is 0. The monoisotopic (exact) mass is 226 g/mol. The molecule has 0 fully saturated rings. The van der Waals surface area contributed by atoms with E-state index < -0.39 is 0 Å². The number of rotatable bonds is 4.